The van der Waals surface area contributed by atoms with Crippen molar-refractivity contribution < 1.29 is 14.7 Å². The molecule has 2 unspecified atom stereocenters. The Balaban J connectivity index is 2.03. The number of nitrogens with one attached hydrogen (secondary N) is 1. The molecule has 0 aromatic rings. The van der Waals surface area contributed by atoms with E-state index in [1.165, 1.54) is 0 Å². The Morgan fingerprint density at radius 3 is 2.29 bits per heavy atom. The number of carboxylic acid groups (broad SMARTS) is 1. The molecule has 0 aromatic carbocycles. The Kier molecular flexibility index (Phi) is 3.38. The van der Waals surface area contributed by atoms with Crippen LogP contribution in [0.25, 0.3) is 0 Å². The lowest BCUT2D eigenvalue weighted by molar-refractivity contribution is -0.148. The molecule has 0 saturated heterocycles. The fourth-order valence-corrected chi connectivity index (χ4v) is 3.01. The van der Waals surface area contributed by atoms with Gasteiger partial charge in [-0.05, 0) is 25.7 Å². The van der Waals surface area contributed by atoms with Crippen LogP contribution in [0.4, 0.5) is 0 Å². The van der Waals surface area contributed by atoms with Gasteiger partial charge in [0.15, 0.2) is 0 Å². The van der Waals surface area contributed by atoms with Gasteiger partial charge in [0, 0.05) is 6.04 Å². The first kappa shape index (κ1) is 12.4. The van der Waals surface area contributed by atoms with Crippen LogP contribution in [0.2, 0.25) is 0 Å². The van der Waals surface area contributed by atoms with Crippen LogP contribution in [0, 0.1) is 5.92 Å². The number of amides is 1. The average Bonchev–Trinajstić information content (AvgIpc) is 2.87. The summed E-state index contributed by atoms with van der Waals surface area (Å²) in [5.41, 5.74) is 4.84. The highest BCUT2D eigenvalue weighted by atomic mass is 16.4. The zero-order chi connectivity index (χ0) is 12.5. The Hall–Kier alpha value is -1.10. The molecule has 0 aliphatic heterocycles. The van der Waals surface area contributed by atoms with Gasteiger partial charge in [-0.2, -0.15) is 0 Å². The molecular formula is C12H20N2O3. The minimum absolute atomic E-state index is 0.109. The summed E-state index contributed by atoms with van der Waals surface area (Å²) in [7, 11) is 0. The van der Waals surface area contributed by atoms with Crippen LogP contribution < -0.4 is 11.1 Å². The van der Waals surface area contributed by atoms with Crippen molar-refractivity contribution >= 4 is 11.9 Å². The Morgan fingerprint density at radius 2 is 1.82 bits per heavy atom. The van der Waals surface area contributed by atoms with Crippen LogP contribution in [0.15, 0.2) is 0 Å². The maximum Gasteiger partial charge on any atom is 0.329 e. The Labute approximate surface area is 101 Å². The number of rotatable bonds is 3. The molecule has 2 fully saturated rings. The molecule has 2 aliphatic carbocycles. The number of carbonyl (C=O) groups excluding carboxylic acids is 1. The van der Waals surface area contributed by atoms with Crippen molar-refractivity contribution in [3.8, 4) is 0 Å². The molecule has 2 aliphatic rings. The van der Waals surface area contributed by atoms with Gasteiger partial charge in [-0.25, -0.2) is 4.79 Å². The number of hydrogen-bond acceptors (Lipinski definition) is 3. The van der Waals surface area contributed by atoms with Gasteiger partial charge in [-0.1, -0.05) is 19.3 Å². The van der Waals surface area contributed by atoms with E-state index in [0.717, 1.165) is 32.1 Å². The number of hydrogen-bond donors (Lipinski definition) is 3. The Bertz CT molecular complexity index is 324. The molecule has 2 atom stereocenters. The molecule has 0 aromatic heterocycles. The van der Waals surface area contributed by atoms with E-state index in [9.17, 15) is 14.7 Å². The van der Waals surface area contributed by atoms with E-state index < -0.39 is 11.5 Å². The van der Waals surface area contributed by atoms with Crippen molar-refractivity contribution in [2.75, 3.05) is 0 Å². The van der Waals surface area contributed by atoms with Gasteiger partial charge in [-0.3, -0.25) is 4.79 Å². The van der Waals surface area contributed by atoms with Crippen molar-refractivity contribution in [1.29, 1.82) is 0 Å². The third-order valence-electron chi connectivity index (χ3n) is 4.14. The Morgan fingerprint density at radius 1 is 1.18 bits per heavy atom. The van der Waals surface area contributed by atoms with Crippen LogP contribution in [-0.2, 0) is 9.59 Å². The summed E-state index contributed by atoms with van der Waals surface area (Å²) in [6, 6.07) is -0.109. The quantitative estimate of drug-likeness (QED) is 0.674. The maximum absolute atomic E-state index is 12.1. The first-order valence-electron chi connectivity index (χ1n) is 6.36. The molecule has 2 rings (SSSR count). The molecule has 5 heteroatoms. The average molecular weight is 240 g/mol. The van der Waals surface area contributed by atoms with Crippen LogP contribution in [0.1, 0.15) is 44.9 Å². The molecule has 17 heavy (non-hydrogen) atoms. The first-order valence-corrected chi connectivity index (χ1v) is 6.36. The third-order valence-corrected chi connectivity index (χ3v) is 4.14. The SMILES string of the molecule is NC1CCCC1C(=O)NC1(C(=O)O)CCCC1. The fraction of sp³-hybridized carbons (Fsp3) is 0.833. The zero-order valence-corrected chi connectivity index (χ0v) is 9.95. The highest BCUT2D eigenvalue weighted by molar-refractivity contribution is 5.88. The van der Waals surface area contributed by atoms with Gasteiger partial charge in [0.25, 0.3) is 0 Å². The standard InChI is InChI=1S/C12H20N2O3/c13-9-5-3-4-8(9)10(15)14-12(11(16)17)6-1-2-7-12/h8-9H,1-7,13H2,(H,14,15)(H,16,17). The van der Waals surface area contributed by atoms with E-state index in [-0.39, 0.29) is 17.9 Å². The molecule has 4 N–H and O–H groups in total. The third kappa shape index (κ3) is 2.29. The minimum atomic E-state index is -1.03. The number of carbonyl (C=O) groups is 2. The normalized spacial score (nSPS) is 31.4. The lowest BCUT2D eigenvalue weighted by Crippen LogP contribution is -2.55. The summed E-state index contributed by atoms with van der Waals surface area (Å²) in [5.74, 6) is -1.28. The predicted molar refractivity (Wildman–Crippen MR) is 62.3 cm³/mol. The fourth-order valence-electron chi connectivity index (χ4n) is 3.01. The van der Waals surface area contributed by atoms with Crippen LogP contribution in [-0.4, -0.2) is 28.6 Å². The van der Waals surface area contributed by atoms with Crippen molar-refractivity contribution in [2.24, 2.45) is 11.7 Å². The minimum Gasteiger partial charge on any atom is -0.480 e. The summed E-state index contributed by atoms with van der Waals surface area (Å²) >= 11 is 0. The summed E-state index contributed by atoms with van der Waals surface area (Å²) in [6.07, 6.45) is 5.40. The van der Waals surface area contributed by atoms with Gasteiger partial charge in [0.2, 0.25) is 5.91 Å². The van der Waals surface area contributed by atoms with E-state index in [2.05, 4.69) is 5.32 Å². The molecular weight excluding hydrogens is 220 g/mol. The summed E-state index contributed by atoms with van der Waals surface area (Å²) < 4.78 is 0. The van der Waals surface area contributed by atoms with Crippen molar-refractivity contribution in [3.63, 3.8) is 0 Å². The molecule has 0 bridgehead atoms. The number of nitrogens with two attached hydrogens (primary N) is 1. The first-order chi connectivity index (χ1) is 8.05. The van der Waals surface area contributed by atoms with E-state index in [1.807, 2.05) is 0 Å². The van der Waals surface area contributed by atoms with E-state index >= 15 is 0 Å². The largest absolute Gasteiger partial charge is 0.480 e. The second-order valence-electron chi connectivity index (χ2n) is 5.28. The second kappa shape index (κ2) is 4.64. The van der Waals surface area contributed by atoms with Crippen LogP contribution in [0.3, 0.4) is 0 Å². The lowest BCUT2D eigenvalue weighted by atomic mass is 9.95. The van der Waals surface area contributed by atoms with Crippen molar-refractivity contribution in [3.05, 3.63) is 0 Å². The summed E-state index contributed by atoms with van der Waals surface area (Å²) in [5, 5.41) is 12.0. The summed E-state index contributed by atoms with van der Waals surface area (Å²) in [4.78, 5) is 23.4. The molecule has 96 valence electrons. The van der Waals surface area contributed by atoms with E-state index in [0.29, 0.717) is 12.8 Å². The van der Waals surface area contributed by atoms with Gasteiger partial charge in [0.05, 0.1) is 5.92 Å². The highest BCUT2D eigenvalue weighted by Gasteiger charge is 2.44. The van der Waals surface area contributed by atoms with Crippen molar-refractivity contribution in [1.82, 2.24) is 5.32 Å². The van der Waals surface area contributed by atoms with Crippen LogP contribution >= 0.6 is 0 Å². The molecule has 0 heterocycles. The van der Waals surface area contributed by atoms with Gasteiger partial charge >= 0.3 is 5.97 Å². The molecule has 0 spiro atoms. The zero-order valence-electron chi connectivity index (χ0n) is 9.95. The monoisotopic (exact) mass is 240 g/mol. The van der Waals surface area contributed by atoms with Crippen LogP contribution in [0.5, 0.6) is 0 Å². The molecule has 1 amide bonds. The molecule has 2 saturated carbocycles. The highest BCUT2D eigenvalue weighted by Crippen LogP contribution is 2.32. The number of aliphatic carboxylic acids is 1. The lowest BCUT2D eigenvalue weighted by Gasteiger charge is -2.28. The van der Waals surface area contributed by atoms with Crippen molar-refractivity contribution in [2.45, 2.75) is 56.5 Å². The molecule has 5 nitrogen and oxygen atoms in total. The van der Waals surface area contributed by atoms with Gasteiger partial charge in [0.1, 0.15) is 5.54 Å². The number of carboxylic acids is 1. The predicted octanol–water partition coefficient (Wildman–Crippen LogP) is 0.627. The van der Waals surface area contributed by atoms with E-state index in [4.69, 9.17) is 5.73 Å². The summed E-state index contributed by atoms with van der Waals surface area (Å²) in [6.45, 7) is 0. The maximum atomic E-state index is 12.1. The van der Waals surface area contributed by atoms with Gasteiger partial charge < -0.3 is 16.2 Å². The topological polar surface area (TPSA) is 92.4 Å². The second-order valence-corrected chi connectivity index (χ2v) is 5.28. The molecule has 0 radical (unpaired) electrons. The van der Waals surface area contributed by atoms with E-state index in [1.54, 1.807) is 0 Å². The van der Waals surface area contributed by atoms with Gasteiger partial charge in [-0.15, -0.1) is 0 Å². The smallest absolute Gasteiger partial charge is 0.329 e.